The van der Waals surface area contributed by atoms with E-state index in [0.29, 0.717) is 23.9 Å². The predicted molar refractivity (Wildman–Crippen MR) is 102 cm³/mol. The van der Waals surface area contributed by atoms with Crippen LogP contribution in [0.1, 0.15) is 6.92 Å². The van der Waals surface area contributed by atoms with Gasteiger partial charge in [-0.25, -0.2) is 24.9 Å². The summed E-state index contributed by atoms with van der Waals surface area (Å²) in [6.45, 7) is 4.32. The van der Waals surface area contributed by atoms with Crippen molar-refractivity contribution in [2.24, 2.45) is 7.05 Å². The topological polar surface area (TPSA) is 92.9 Å². The molecule has 0 aromatic carbocycles. The second kappa shape index (κ2) is 7.10. The Hall–Kier alpha value is -3.36. The zero-order valence-electron chi connectivity index (χ0n) is 15.2. The van der Waals surface area contributed by atoms with E-state index in [1.54, 1.807) is 36.3 Å². The first-order valence-corrected chi connectivity index (χ1v) is 8.76. The van der Waals surface area contributed by atoms with E-state index in [1.165, 1.54) is 12.4 Å². The Morgan fingerprint density at radius 3 is 2.59 bits per heavy atom. The molecule has 1 fully saturated rings. The minimum Gasteiger partial charge on any atom is -0.337 e. The van der Waals surface area contributed by atoms with Gasteiger partial charge in [0.05, 0.1) is 11.4 Å². The molecular formula is C18H20N8O. The average molecular weight is 364 g/mol. The van der Waals surface area contributed by atoms with Crippen molar-refractivity contribution in [2.75, 3.05) is 29.4 Å². The van der Waals surface area contributed by atoms with Crippen LogP contribution >= 0.6 is 0 Å². The molecule has 0 radical (unpaired) electrons. The third kappa shape index (κ3) is 3.35. The van der Waals surface area contributed by atoms with Crippen molar-refractivity contribution >= 4 is 11.9 Å². The van der Waals surface area contributed by atoms with Crippen LogP contribution in [0.5, 0.6) is 0 Å². The van der Waals surface area contributed by atoms with Crippen LogP contribution < -0.4 is 15.4 Å². The molecule has 0 N–H and O–H groups in total. The molecule has 4 rings (SSSR count). The average Bonchev–Trinajstić information content (AvgIpc) is 2.71. The number of rotatable bonds is 3. The summed E-state index contributed by atoms with van der Waals surface area (Å²) in [6.07, 6.45) is 6.59. The quantitative estimate of drug-likeness (QED) is 0.672. The highest BCUT2D eigenvalue weighted by atomic mass is 16.1. The second-order valence-corrected chi connectivity index (χ2v) is 6.47. The summed E-state index contributed by atoms with van der Waals surface area (Å²) in [6, 6.07) is 5.20. The maximum Gasteiger partial charge on any atom is 0.255 e. The maximum atomic E-state index is 12.5. The highest BCUT2D eigenvalue weighted by Gasteiger charge is 2.28. The Bertz CT molecular complexity index is 976. The van der Waals surface area contributed by atoms with Crippen molar-refractivity contribution in [1.29, 1.82) is 0 Å². The molecular weight excluding hydrogens is 344 g/mol. The van der Waals surface area contributed by atoms with Crippen LogP contribution in [0, 0.1) is 0 Å². The maximum absolute atomic E-state index is 12.5. The molecule has 0 unspecified atom stereocenters. The Kier molecular flexibility index (Phi) is 4.49. The number of aromatic nitrogens is 6. The zero-order chi connectivity index (χ0) is 18.8. The van der Waals surface area contributed by atoms with Gasteiger partial charge in [-0.05, 0) is 19.1 Å². The molecule has 1 saturated heterocycles. The van der Waals surface area contributed by atoms with Gasteiger partial charge >= 0.3 is 0 Å². The van der Waals surface area contributed by atoms with Gasteiger partial charge in [0.15, 0.2) is 0 Å². The first-order chi connectivity index (χ1) is 13.1. The number of piperazine rings is 1. The highest BCUT2D eigenvalue weighted by molar-refractivity contribution is 5.55. The van der Waals surface area contributed by atoms with Crippen LogP contribution in [0.2, 0.25) is 0 Å². The van der Waals surface area contributed by atoms with Gasteiger partial charge in [-0.15, -0.1) is 0 Å². The molecule has 9 nitrogen and oxygen atoms in total. The molecule has 4 heterocycles. The number of hydrogen-bond acceptors (Lipinski definition) is 8. The number of anilines is 2. The molecule has 3 aromatic heterocycles. The lowest BCUT2D eigenvalue weighted by Crippen LogP contribution is -2.54. The van der Waals surface area contributed by atoms with Gasteiger partial charge in [0.25, 0.3) is 5.56 Å². The standard InChI is InChI=1S/C18H20N8O/c1-13-11-25(17-20-5-3-6-21-17)8-9-26(13)18-23-15(10-16(27)24(18)2)14-4-7-19-12-22-14/h3-7,10,12-13H,8-9,11H2,1-2H3/t13-/m1/s1. The van der Waals surface area contributed by atoms with Gasteiger partial charge in [0, 0.05) is 57.4 Å². The van der Waals surface area contributed by atoms with Crippen LogP contribution in [-0.4, -0.2) is 55.2 Å². The van der Waals surface area contributed by atoms with E-state index < -0.39 is 0 Å². The monoisotopic (exact) mass is 364 g/mol. The molecule has 9 heteroatoms. The predicted octanol–water partition coefficient (Wildman–Crippen LogP) is 0.742. The zero-order valence-corrected chi connectivity index (χ0v) is 15.2. The van der Waals surface area contributed by atoms with Crippen LogP contribution in [-0.2, 0) is 7.05 Å². The Morgan fingerprint density at radius 1 is 1.07 bits per heavy atom. The van der Waals surface area contributed by atoms with E-state index in [2.05, 4.69) is 36.7 Å². The smallest absolute Gasteiger partial charge is 0.255 e. The van der Waals surface area contributed by atoms with Crippen molar-refractivity contribution in [3.8, 4) is 11.4 Å². The summed E-state index contributed by atoms with van der Waals surface area (Å²) < 4.78 is 1.58. The van der Waals surface area contributed by atoms with E-state index in [0.717, 1.165) is 19.0 Å². The molecule has 3 aromatic rings. The fraction of sp³-hybridized carbons (Fsp3) is 0.333. The van der Waals surface area contributed by atoms with Gasteiger partial charge in [0.1, 0.15) is 6.33 Å². The lowest BCUT2D eigenvalue weighted by atomic mass is 10.2. The molecule has 0 bridgehead atoms. The van der Waals surface area contributed by atoms with Gasteiger partial charge in [0.2, 0.25) is 11.9 Å². The third-order valence-corrected chi connectivity index (χ3v) is 4.67. The summed E-state index contributed by atoms with van der Waals surface area (Å²) >= 11 is 0. The van der Waals surface area contributed by atoms with Crippen molar-refractivity contribution in [3.05, 3.63) is 53.5 Å². The van der Waals surface area contributed by atoms with Crippen molar-refractivity contribution in [1.82, 2.24) is 29.5 Å². The van der Waals surface area contributed by atoms with Gasteiger partial charge in [-0.1, -0.05) is 0 Å². The second-order valence-electron chi connectivity index (χ2n) is 6.47. The SMILES string of the molecule is C[C@@H]1CN(c2ncccn2)CCN1c1nc(-c2ccncn2)cc(=O)n1C. The molecule has 1 atom stereocenters. The van der Waals surface area contributed by atoms with Crippen molar-refractivity contribution < 1.29 is 0 Å². The van der Waals surface area contributed by atoms with Crippen molar-refractivity contribution in [3.63, 3.8) is 0 Å². The third-order valence-electron chi connectivity index (χ3n) is 4.67. The van der Waals surface area contributed by atoms with Crippen LogP contribution in [0.15, 0.2) is 47.9 Å². The minimum atomic E-state index is -0.116. The van der Waals surface area contributed by atoms with E-state index in [9.17, 15) is 4.79 Å². The lowest BCUT2D eigenvalue weighted by molar-refractivity contribution is 0.523. The molecule has 0 spiro atoms. The first kappa shape index (κ1) is 17.1. The molecule has 0 aliphatic carbocycles. The molecule has 1 aliphatic rings. The van der Waals surface area contributed by atoms with E-state index in [1.807, 2.05) is 6.07 Å². The fourth-order valence-electron chi connectivity index (χ4n) is 3.25. The minimum absolute atomic E-state index is 0.116. The normalized spacial score (nSPS) is 17.2. The van der Waals surface area contributed by atoms with Gasteiger partial charge in [-0.2, -0.15) is 0 Å². The summed E-state index contributed by atoms with van der Waals surface area (Å²) in [5.74, 6) is 1.36. The van der Waals surface area contributed by atoms with Crippen LogP contribution in [0.25, 0.3) is 11.4 Å². The molecule has 0 amide bonds. The largest absolute Gasteiger partial charge is 0.337 e. The highest BCUT2D eigenvalue weighted by Crippen LogP contribution is 2.21. The Balaban J connectivity index is 1.64. The fourth-order valence-corrected chi connectivity index (χ4v) is 3.25. The van der Waals surface area contributed by atoms with E-state index in [-0.39, 0.29) is 11.6 Å². The van der Waals surface area contributed by atoms with E-state index >= 15 is 0 Å². The Labute approximate surface area is 156 Å². The first-order valence-electron chi connectivity index (χ1n) is 8.76. The summed E-state index contributed by atoms with van der Waals surface area (Å²) in [5, 5.41) is 0. The van der Waals surface area contributed by atoms with Gasteiger partial charge in [-0.3, -0.25) is 9.36 Å². The summed E-state index contributed by atoms with van der Waals surface area (Å²) in [4.78, 5) is 38.3. The van der Waals surface area contributed by atoms with E-state index in [4.69, 9.17) is 4.98 Å². The molecule has 138 valence electrons. The molecule has 27 heavy (non-hydrogen) atoms. The van der Waals surface area contributed by atoms with Crippen LogP contribution in [0.3, 0.4) is 0 Å². The summed E-state index contributed by atoms with van der Waals surface area (Å²) in [5.41, 5.74) is 1.07. The number of hydrogen-bond donors (Lipinski definition) is 0. The molecule has 0 saturated carbocycles. The summed E-state index contributed by atoms with van der Waals surface area (Å²) in [7, 11) is 1.74. The number of nitrogens with zero attached hydrogens (tertiary/aromatic N) is 8. The van der Waals surface area contributed by atoms with Crippen LogP contribution in [0.4, 0.5) is 11.9 Å². The van der Waals surface area contributed by atoms with Crippen molar-refractivity contribution in [2.45, 2.75) is 13.0 Å². The van der Waals surface area contributed by atoms with Gasteiger partial charge < -0.3 is 9.80 Å². The molecule has 1 aliphatic heterocycles. The Morgan fingerprint density at radius 2 is 1.89 bits per heavy atom. The lowest BCUT2D eigenvalue weighted by Gasteiger charge is -2.40.